The maximum absolute atomic E-state index is 6.65. The molecular formula is C40H62N2O2. The Bertz CT molecular complexity index is 1220. The predicted octanol–water partition coefficient (Wildman–Crippen LogP) is 10.9. The van der Waals surface area contributed by atoms with Crippen molar-refractivity contribution in [3.05, 3.63) is 58.1 Å². The van der Waals surface area contributed by atoms with Crippen LogP contribution in [0.25, 0.3) is 0 Å². The number of aryl methyl sites for hydroxylation is 3. The Hall–Kier alpha value is -2.62. The summed E-state index contributed by atoms with van der Waals surface area (Å²) in [5.74, 6) is 1.92. The number of nitrogens with zero attached hydrogens (tertiary/aromatic N) is 2. The van der Waals surface area contributed by atoms with Crippen LogP contribution in [0.15, 0.2) is 40.3 Å². The van der Waals surface area contributed by atoms with E-state index in [1.807, 2.05) is 0 Å². The van der Waals surface area contributed by atoms with Gasteiger partial charge in [-0.1, -0.05) is 65.0 Å². The first kappa shape index (κ1) is 35.9. The molecule has 2 aromatic rings. The Labute approximate surface area is 270 Å². The zero-order valence-electron chi connectivity index (χ0n) is 29.6. The lowest BCUT2D eigenvalue weighted by Gasteiger charge is -2.27. The van der Waals surface area contributed by atoms with E-state index in [0.717, 1.165) is 61.2 Å². The molecule has 1 saturated carbocycles. The third-order valence-electron chi connectivity index (χ3n) is 8.09. The first-order valence-electron chi connectivity index (χ1n) is 17.7. The number of aliphatic imine (C=N–C) groups is 2. The van der Waals surface area contributed by atoms with E-state index in [4.69, 9.17) is 19.5 Å². The molecule has 1 aliphatic carbocycles. The van der Waals surface area contributed by atoms with Gasteiger partial charge in [-0.05, 0) is 128 Å². The average molecular weight is 603 g/mol. The lowest BCUT2D eigenvalue weighted by molar-refractivity contribution is 0.129. The van der Waals surface area contributed by atoms with E-state index in [2.05, 4.69) is 105 Å². The molecule has 4 heteroatoms. The second-order valence-corrected chi connectivity index (χ2v) is 14.8. The Morgan fingerprint density at radius 2 is 1.18 bits per heavy atom. The molecule has 0 amide bonds. The normalized spacial score (nSPS) is 17.9. The van der Waals surface area contributed by atoms with Crippen LogP contribution in [0.4, 0.5) is 0 Å². The molecule has 0 spiro atoms. The standard InChI is InChI=1S/C40H62N2O2/c1-10-13-18-30-23-24-37(43-39(4,5)6)33(25-30)28-41-35-21-16-17-22-36(35)42-29-34-27-31(19-14-11-2)26-32(20-15-12-3)38(34)44-40(7,8)9/h23-29,35-36H,10-22H2,1-9H3/b41-28+,42-29+. The summed E-state index contributed by atoms with van der Waals surface area (Å²) in [6, 6.07) is 11.7. The zero-order chi connectivity index (χ0) is 32.2. The minimum Gasteiger partial charge on any atom is -0.487 e. The number of benzene rings is 2. The maximum Gasteiger partial charge on any atom is 0.132 e. The van der Waals surface area contributed by atoms with Crippen molar-refractivity contribution in [3.63, 3.8) is 0 Å². The fourth-order valence-electron chi connectivity index (χ4n) is 5.84. The van der Waals surface area contributed by atoms with Gasteiger partial charge in [0.25, 0.3) is 0 Å². The number of unbranched alkanes of at least 4 members (excludes halogenated alkanes) is 3. The van der Waals surface area contributed by atoms with Gasteiger partial charge in [-0.3, -0.25) is 9.98 Å². The zero-order valence-corrected chi connectivity index (χ0v) is 29.6. The summed E-state index contributed by atoms with van der Waals surface area (Å²) in [7, 11) is 0. The van der Waals surface area contributed by atoms with Crippen LogP contribution in [0.1, 0.15) is 154 Å². The molecule has 2 aromatic carbocycles. The number of ether oxygens (including phenoxy) is 2. The quantitative estimate of drug-likeness (QED) is 0.190. The summed E-state index contributed by atoms with van der Waals surface area (Å²) < 4.78 is 13.0. The molecule has 44 heavy (non-hydrogen) atoms. The molecule has 0 radical (unpaired) electrons. The fourth-order valence-corrected chi connectivity index (χ4v) is 5.84. The molecule has 2 unspecified atom stereocenters. The van der Waals surface area contributed by atoms with Crippen molar-refractivity contribution in [2.24, 2.45) is 9.98 Å². The van der Waals surface area contributed by atoms with Crippen LogP contribution in [0.2, 0.25) is 0 Å². The number of hydrogen-bond donors (Lipinski definition) is 0. The topological polar surface area (TPSA) is 43.2 Å². The summed E-state index contributed by atoms with van der Waals surface area (Å²) in [6.07, 6.45) is 19.0. The highest BCUT2D eigenvalue weighted by molar-refractivity contribution is 5.85. The Morgan fingerprint density at radius 3 is 1.75 bits per heavy atom. The van der Waals surface area contributed by atoms with Crippen LogP contribution in [0, 0.1) is 0 Å². The van der Waals surface area contributed by atoms with Gasteiger partial charge in [0.2, 0.25) is 0 Å². The van der Waals surface area contributed by atoms with Gasteiger partial charge in [-0.2, -0.15) is 0 Å². The van der Waals surface area contributed by atoms with Gasteiger partial charge in [-0.15, -0.1) is 0 Å². The molecule has 0 aliphatic heterocycles. The third-order valence-corrected chi connectivity index (χ3v) is 8.09. The summed E-state index contributed by atoms with van der Waals surface area (Å²) >= 11 is 0. The molecule has 4 nitrogen and oxygen atoms in total. The van der Waals surface area contributed by atoms with E-state index in [1.165, 1.54) is 61.6 Å². The maximum atomic E-state index is 6.65. The molecular weight excluding hydrogens is 540 g/mol. The van der Waals surface area contributed by atoms with Crippen LogP contribution < -0.4 is 9.47 Å². The average Bonchev–Trinajstić information content (AvgIpc) is 2.96. The highest BCUT2D eigenvalue weighted by atomic mass is 16.5. The first-order valence-corrected chi connectivity index (χ1v) is 17.7. The van der Waals surface area contributed by atoms with Crippen molar-refractivity contribution in [2.75, 3.05) is 0 Å². The van der Waals surface area contributed by atoms with E-state index < -0.39 is 0 Å². The van der Waals surface area contributed by atoms with Gasteiger partial charge >= 0.3 is 0 Å². The van der Waals surface area contributed by atoms with E-state index in [-0.39, 0.29) is 23.3 Å². The monoisotopic (exact) mass is 602 g/mol. The second-order valence-electron chi connectivity index (χ2n) is 14.8. The van der Waals surface area contributed by atoms with Gasteiger partial charge in [0.1, 0.15) is 22.7 Å². The van der Waals surface area contributed by atoms with Crippen LogP contribution in [0.3, 0.4) is 0 Å². The molecule has 1 fully saturated rings. The summed E-state index contributed by atoms with van der Waals surface area (Å²) in [4.78, 5) is 10.5. The molecule has 2 atom stereocenters. The molecule has 0 heterocycles. The van der Waals surface area contributed by atoms with Gasteiger partial charge in [0.05, 0.1) is 12.1 Å². The van der Waals surface area contributed by atoms with Gasteiger partial charge in [0.15, 0.2) is 0 Å². The summed E-state index contributed by atoms with van der Waals surface area (Å²) in [6.45, 7) is 19.5. The fraction of sp³-hybridized carbons (Fsp3) is 0.650. The van der Waals surface area contributed by atoms with E-state index in [9.17, 15) is 0 Å². The van der Waals surface area contributed by atoms with Crippen molar-refractivity contribution in [3.8, 4) is 11.5 Å². The van der Waals surface area contributed by atoms with Gasteiger partial charge in [-0.25, -0.2) is 0 Å². The molecule has 0 N–H and O–H groups in total. The Balaban J connectivity index is 1.96. The van der Waals surface area contributed by atoms with E-state index >= 15 is 0 Å². The van der Waals surface area contributed by atoms with Crippen molar-refractivity contribution < 1.29 is 9.47 Å². The number of hydrogen-bond acceptors (Lipinski definition) is 4. The van der Waals surface area contributed by atoms with E-state index in [0.29, 0.717) is 0 Å². The molecule has 0 saturated heterocycles. The Kier molecular flexibility index (Phi) is 14.0. The van der Waals surface area contributed by atoms with Crippen LogP contribution in [-0.2, 0) is 19.3 Å². The summed E-state index contributed by atoms with van der Waals surface area (Å²) in [5.41, 5.74) is 5.73. The molecule has 244 valence electrons. The first-order chi connectivity index (χ1) is 20.9. The van der Waals surface area contributed by atoms with Crippen LogP contribution in [-0.4, -0.2) is 35.7 Å². The second kappa shape index (κ2) is 17.2. The number of rotatable bonds is 15. The lowest BCUT2D eigenvalue weighted by Crippen LogP contribution is -2.27. The Morgan fingerprint density at radius 1 is 0.659 bits per heavy atom. The van der Waals surface area contributed by atoms with Crippen molar-refractivity contribution >= 4 is 12.4 Å². The van der Waals surface area contributed by atoms with Crippen molar-refractivity contribution in [2.45, 2.75) is 169 Å². The van der Waals surface area contributed by atoms with E-state index in [1.54, 1.807) is 0 Å². The molecule has 3 rings (SSSR count). The lowest BCUT2D eigenvalue weighted by atomic mass is 9.91. The van der Waals surface area contributed by atoms with Crippen molar-refractivity contribution in [1.29, 1.82) is 0 Å². The predicted molar refractivity (Wildman–Crippen MR) is 191 cm³/mol. The van der Waals surface area contributed by atoms with Crippen LogP contribution in [0.5, 0.6) is 11.5 Å². The smallest absolute Gasteiger partial charge is 0.132 e. The molecule has 0 aromatic heterocycles. The van der Waals surface area contributed by atoms with Gasteiger partial charge in [0, 0.05) is 23.6 Å². The summed E-state index contributed by atoms with van der Waals surface area (Å²) in [5, 5.41) is 0. The molecule has 0 bridgehead atoms. The van der Waals surface area contributed by atoms with Crippen molar-refractivity contribution in [1.82, 2.24) is 0 Å². The highest BCUT2D eigenvalue weighted by Crippen LogP contribution is 2.32. The van der Waals surface area contributed by atoms with Gasteiger partial charge < -0.3 is 9.47 Å². The largest absolute Gasteiger partial charge is 0.487 e. The minimum absolute atomic E-state index is 0.163. The minimum atomic E-state index is -0.273. The molecule has 1 aliphatic rings. The third kappa shape index (κ3) is 12.1. The van der Waals surface area contributed by atoms with Crippen LogP contribution >= 0.6 is 0 Å². The highest BCUT2D eigenvalue weighted by Gasteiger charge is 2.25. The SMILES string of the molecule is CCCCc1ccc(OC(C)(C)C)c(/C=N/C2CCCCC2/N=C/c2cc(CCCC)cc(CCCC)c2OC(C)(C)C)c1.